The summed E-state index contributed by atoms with van der Waals surface area (Å²) in [4.78, 5) is 2.40. The van der Waals surface area contributed by atoms with Gasteiger partial charge in [0.1, 0.15) is 11.2 Å². The van der Waals surface area contributed by atoms with Crippen LogP contribution in [0.5, 0.6) is 0 Å². The van der Waals surface area contributed by atoms with Crippen LogP contribution in [-0.2, 0) is 0 Å². The van der Waals surface area contributed by atoms with Gasteiger partial charge < -0.3 is 13.9 Å². The third-order valence-corrected chi connectivity index (χ3v) is 12.2. The zero-order chi connectivity index (χ0) is 40.3. The van der Waals surface area contributed by atoms with Crippen molar-refractivity contribution in [1.29, 1.82) is 0 Å². The number of aromatic nitrogens is 1. The Balaban J connectivity index is 1.08. The summed E-state index contributed by atoms with van der Waals surface area (Å²) in [5.74, 6) is 0. The van der Waals surface area contributed by atoms with E-state index in [1.165, 1.54) is 43.8 Å². The second kappa shape index (κ2) is 14.3. The van der Waals surface area contributed by atoms with Gasteiger partial charge in [0, 0.05) is 38.5 Å². The monoisotopic (exact) mass is 778 g/mol. The fourth-order valence-electron chi connectivity index (χ4n) is 9.41. The molecule has 0 radical (unpaired) electrons. The highest BCUT2D eigenvalue weighted by Crippen LogP contribution is 2.46. The molecule has 12 rings (SSSR count). The Morgan fingerprint density at radius 2 is 0.902 bits per heavy atom. The van der Waals surface area contributed by atoms with Crippen molar-refractivity contribution in [2.24, 2.45) is 0 Å². The highest BCUT2D eigenvalue weighted by atomic mass is 16.3. The molecule has 12 aromatic rings. The SMILES string of the molecule is c1ccc(-c2ccc(N(c3ccc(-c4cccc5c4oc4ccccc45)cc3)c3ccccc3-n3c4cccc(-c5ccccc5)c4c4c5ccccc5ccc43)cc2)cc1. The highest BCUT2D eigenvalue weighted by molar-refractivity contribution is 6.25. The van der Waals surface area contributed by atoms with Gasteiger partial charge in [0.05, 0.1) is 22.4 Å². The van der Waals surface area contributed by atoms with Gasteiger partial charge in [0.25, 0.3) is 0 Å². The van der Waals surface area contributed by atoms with Crippen LogP contribution >= 0.6 is 0 Å². The number of hydrogen-bond donors (Lipinski definition) is 0. The van der Waals surface area contributed by atoms with E-state index in [0.29, 0.717) is 0 Å². The Morgan fingerprint density at radius 3 is 1.69 bits per heavy atom. The Hall–Kier alpha value is -8.14. The van der Waals surface area contributed by atoms with Crippen LogP contribution in [0.3, 0.4) is 0 Å². The summed E-state index contributed by atoms with van der Waals surface area (Å²) in [6.07, 6.45) is 0. The van der Waals surface area contributed by atoms with Crippen molar-refractivity contribution in [1.82, 2.24) is 4.57 Å². The molecule has 3 heteroatoms. The number of furan rings is 1. The predicted octanol–water partition coefficient (Wildman–Crippen LogP) is 16.3. The highest BCUT2D eigenvalue weighted by Gasteiger charge is 2.23. The van der Waals surface area contributed by atoms with Crippen LogP contribution in [-0.4, -0.2) is 4.57 Å². The molecule has 0 saturated carbocycles. The van der Waals surface area contributed by atoms with Crippen molar-refractivity contribution in [3.63, 3.8) is 0 Å². The van der Waals surface area contributed by atoms with Gasteiger partial charge in [-0.25, -0.2) is 0 Å². The van der Waals surface area contributed by atoms with Crippen molar-refractivity contribution >= 4 is 71.6 Å². The van der Waals surface area contributed by atoms with Crippen LogP contribution in [0.4, 0.5) is 17.1 Å². The maximum Gasteiger partial charge on any atom is 0.143 e. The number of fused-ring (bicyclic) bond motifs is 8. The Morgan fingerprint density at radius 1 is 0.344 bits per heavy atom. The van der Waals surface area contributed by atoms with E-state index in [2.05, 4.69) is 228 Å². The van der Waals surface area contributed by atoms with Crippen LogP contribution < -0.4 is 4.90 Å². The molecule has 0 fully saturated rings. The largest absolute Gasteiger partial charge is 0.455 e. The summed E-state index contributed by atoms with van der Waals surface area (Å²) in [6.45, 7) is 0. The van der Waals surface area contributed by atoms with E-state index >= 15 is 0 Å². The summed E-state index contributed by atoms with van der Waals surface area (Å²) >= 11 is 0. The maximum absolute atomic E-state index is 6.48. The lowest BCUT2D eigenvalue weighted by molar-refractivity contribution is 0.670. The predicted molar refractivity (Wildman–Crippen MR) is 257 cm³/mol. The first-order valence-electron chi connectivity index (χ1n) is 20.8. The van der Waals surface area contributed by atoms with Crippen LogP contribution in [0.25, 0.3) is 93.6 Å². The zero-order valence-electron chi connectivity index (χ0n) is 33.2. The molecule has 0 atom stereocenters. The van der Waals surface area contributed by atoms with E-state index in [4.69, 9.17) is 4.42 Å². The van der Waals surface area contributed by atoms with Crippen molar-refractivity contribution in [2.45, 2.75) is 0 Å². The minimum atomic E-state index is 0.900. The number of rotatable bonds is 7. The van der Waals surface area contributed by atoms with Crippen LogP contribution in [0.15, 0.2) is 235 Å². The number of nitrogens with zero attached hydrogens (tertiary/aromatic N) is 2. The van der Waals surface area contributed by atoms with Gasteiger partial charge in [0.2, 0.25) is 0 Å². The topological polar surface area (TPSA) is 21.3 Å². The zero-order valence-corrected chi connectivity index (χ0v) is 33.2. The lowest BCUT2D eigenvalue weighted by Crippen LogP contribution is -2.13. The van der Waals surface area contributed by atoms with Gasteiger partial charge in [-0.2, -0.15) is 0 Å². The molecule has 0 unspecified atom stereocenters. The van der Waals surface area contributed by atoms with Crippen LogP contribution in [0.1, 0.15) is 0 Å². The van der Waals surface area contributed by atoms with E-state index < -0.39 is 0 Å². The Bertz CT molecular complexity index is 3560. The van der Waals surface area contributed by atoms with Crippen LogP contribution in [0, 0.1) is 0 Å². The minimum Gasteiger partial charge on any atom is -0.455 e. The average Bonchev–Trinajstić information content (AvgIpc) is 3.89. The average molecular weight is 779 g/mol. The smallest absolute Gasteiger partial charge is 0.143 e. The molecular formula is C58H38N2O. The first-order chi connectivity index (χ1) is 30.3. The first-order valence-corrected chi connectivity index (χ1v) is 20.8. The third-order valence-electron chi connectivity index (χ3n) is 12.2. The fourth-order valence-corrected chi connectivity index (χ4v) is 9.41. The number of anilines is 3. The molecular weight excluding hydrogens is 741 g/mol. The van der Waals surface area contributed by atoms with Crippen molar-refractivity contribution in [3.05, 3.63) is 231 Å². The molecule has 0 spiro atoms. The molecule has 0 aliphatic heterocycles. The molecule has 0 amide bonds. The van der Waals surface area contributed by atoms with Gasteiger partial charge in [-0.1, -0.05) is 176 Å². The second-order valence-electron chi connectivity index (χ2n) is 15.6. The first kappa shape index (κ1) is 34.9. The molecule has 0 N–H and O–H groups in total. The molecule has 3 nitrogen and oxygen atoms in total. The molecule has 286 valence electrons. The summed E-state index contributed by atoms with van der Waals surface area (Å²) in [7, 11) is 0. The van der Waals surface area contributed by atoms with Gasteiger partial charge in [-0.3, -0.25) is 0 Å². The second-order valence-corrected chi connectivity index (χ2v) is 15.6. The van der Waals surface area contributed by atoms with Gasteiger partial charge in [-0.15, -0.1) is 0 Å². The normalized spacial score (nSPS) is 11.6. The summed E-state index contributed by atoms with van der Waals surface area (Å²) in [5.41, 5.74) is 15.4. The molecule has 0 saturated heterocycles. The van der Waals surface area contributed by atoms with Gasteiger partial charge in [-0.05, 0) is 93.2 Å². The molecule has 0 aliphatic rings. The van der Waals surface area contributed by atoms with E-state index in [0.717, 1.165) is 66.8 Å². The number of benzene rings is 10. The number of para-hydroxylation sites is 4. The van der Waals surface area contributed by atoms with Crippen LogP contribution in [0.2, 0.25) is 0 Å². The summed E-state index contributed by atoms with van der Waals surface area (Å²) in [5, 5.41) is 7.23. The molecule has 0 bridgehead atoms. The molecule has 2 heterocycles. The summed E-state index contributed by atoms with van der Waals surface area (Å²) < 4.78 is 8.95. The fraction of sp³-hybridized carbons (Fsp3) is 0. The van der Waals surface area contributed by atoms with Crippen molar-refractivity contribution < 1.29 is 4.42 Å². The van der Waals surface area contributed by atoms with E-state index in [9.17, 15) is 0 Å². The van der Waals surface area contributed by atoms with Crippen molar-refractivity contribution in [3.8, 4) is 39.1 Å². The quantitative estimate of drug-likeness (QED) is 0.161. The maximum atomic E-state index is 6.48. The Labute approximate surface area is 353 Å². The molecule has 61 heavy (non-hydrogen) atoms. The molecule has 10 aromatic carbocycles. The van der Waals surface area contributed by atoms with E-state index in [1.54, 1.807) is 0 Å². The molecule has 2 aromatic heterocycles. The lowest BCUT2D eigenvalue weighted by atomic mass is 9.97. The van der Waals surface area contributed by atoms with E-state index in [1.807, 2.05) is 12.1 Å². The van der Waals surface area contributed by atoms with E-state index in [-0.39, 0.29) is 0 Å². The lowest BCUT2D eigenvalue weighted by Gasteiger charge is -2.28. The Kier molecular flexibility index (Phi) is 8.17. The summed E-state index contributed by atoms with van der Waals surface area (Å²) in [6, 6.07) is 82.9. The number of hydrogen-bond acceptors (Lipinski definition) is 2. The minimum absolute atomic E-state index is 0.900. The van der Waals surface area contributed by atoms with Gasteiger partial charge >= 0.3 is 0 Å². The third kappa shape index (κ3) is 5.74. The van der Waals surface area contributed by atoms with Crippen molar-refractivity contribution in [2.75, 3.05) is 4.90 Å². The van der Waals surface area contributed by atoms with Gasteiger partial charge in [0.15, 0.2) is 0 Å². The molecule has 0 aliphatic carbocycles. The standard InChI is InChI=1S/C58H38N2O/c1-3-15-39(16-4-1)40-29-34-44(35-30-40)59(45-36-31-43(32-37-45)48-23-13-24-50-49-21-9-12-28-55(49)61-58(48)50)51-25-10-11-26-52(51)60-53-27-14-22-47(41-17-5-2-6-18-41)56(53)57-46-20-8-7-19-42(46)33-38-54(57)60/h1-38H.